The molecule has 0 aromatic heterocycles. The molecule has 0 heterocycles. The summed E-state index contributed by atoms with van der Waals surface area (Å²) in [4.78, 5) is 34.4. The molecule has 0 atom stereocenters. The predicted octanol–water partition coefficient (Wildman–Crippen LogP) is 2.76. The molecular weight excluding hydrogens is 310 g/mol. The van der Waals surface area contributed by atoms with Crippen molar-refractivity contribution in [1.82, 2.24) is 5.32 Å². The fourth-order valence-electron chi connectivity index (χ4n) is 1.98. The highest BCUT2D eigenvalue weighted by Gasteiger charge is 2.14. The molecule has 0 unspecified atom stereocenters. The minimum atomic E-state index is -0.541. The number of hydrogen-bond acceptors (Lipinski definition) is 4. The second kappa shape index (κ2) is 7.68. The molecule has 2 rings (SSSR count). The molecule has 0 saturated carbocycles. The molecule has 2 N–H and O–H groups in total. The van der Waals surface area contributed by atoms with E-state index in [1.807, 2.05) is 0 Å². The van der Waals surface area contributed by atoms with Crippen LogP contribution in [0.25, 0.3) is 0 Å². The molecule has 0 spiro atoms. The number of anilines is 1. The third kappa shape index (κ3) is 4.04. The third-order valence-corrected chi connectivity index (χ3v) is 3.17. The SMILES string of the molecule is C=CCNC(=O)c1ccccc1NC(=O)c1ccc([N+](=O)[O-])cc1. The molecule has 2 aromatic carbocycles. The first-order valence-electron chi connectivity index (χ1n) is 7.07. The largest absolute Gasteiger partial charge is 0.349 e. The topological polar surface area (TPSA) is 101 Å². The van der Waals surface area contributed by atoms with Crippen LogP contribution in [0.1, 0.15) is 20.7 Å². The Balaban J connectivity index is 2.18. The summed E-state index contributed by atoms with van der Waals surface area (Å²) in [5.74, 6) is -0.802. The second-order valence-corrected chi connectivity index (χ2v) is 4.80. The van der Waals surface area contributed by atoms with E-state index in [9.17, 15) is 19.7 Å². The van der Waals surface area contributed by atoms with Crippen molar-refractivity contribution in [1.29, 1.82) is 0 Å². The van der Waals surface area contributed by atoms with E-state index in [4.69, 9.17) is 0 Å². The van der Waals surface area contributed by atoms with Gasteiger partial charge in [0.25, 0.3) is 17.5 Å². The van der Waals surface area contributed by atoms with E-state index in [0.29, 0.717) is 17.8 Å². The number of carbonyl (C=O) groups excluding carboxylic acids is 2. The van der Waals surface area contributed by atoms with E-state index in [1.54, 1.807) is 30.3 Å². The molecule has 7 heteroatoms. The standard InChI is InChI=1S/C17H15N3O4/c1-2-11-18-17(22)14-5-3-4-6-15(14)19-16(21)12-7-9-13(10-8-12)20(23)24/h2-10H,1,11H2,(H,18,22)(H,19,21). The van der Waals surface area contributed by atoms with Crippen LogP contribution < -0.4 is 10.6 Å². The zero-order valence-corrected chi connectivity index (χ0v) is 12.7. The van der Waals surface area contributed by atoms with Crippen LogP contribution in [0.15, 0.2) is 61.2 Å². The third-order valence-electron chi connectivity index (χ3n) is 3.17. The van der Waals surface area contributed by atoms with Crippen LogP contribution in [0.5, 0.6) is 0 Å². The summed E-state index contributed by atoms with van der Waals surface area (Å²) < 4.78 is 0. The average Bonchev–Trinajstić information content (AvgIpc) is 2.60. The van der Waals surface area contributed by atoms with E-state index in [1.165, 1.54) is 24.3 Å². The fraction of sp³-hybridized carbons (Fsp3) is 0.0588. The molecule has 0 radical (unpaired) electrons. The van der Waals surface area contributed by atoms with Crippen molar-refractivity contribution in [3.05, 3.63) is 82.4 Å². The molecule has 7 nitrogen and oxygen atoms in total. The number of benzene rings is 2. The van der Waals surface area contributed by atoms with E-state index in [0.717, 1.165) is 0 Å². The van der Waals surface area contributed by atoms with Gasteiger partial charge in [-0.25, -0.2) is 0 Å². The molecule has 2 aromatic rings. The maximum Gasteiger partial charge on any atom is 0.269 e. The summed E-state index contributed by atoms with van der Waals surface area (Å²) in [6.45, 7) is 3.83. The molecule has 0 bridgehead atoms. The van der Waals surface area contributed by atoms with Gasteiger partial charge in [0, 0.05) is 24.2 Å². The Morgan fingerprint density at radius 3 is 2.38 bits per heavy atom. The van der Waals surface area contributed by atoms with Crippen molar-refractivity contribution in [3.63, 3.8) is 0 Å². The Labute approximate surface area is 138 Å². The monoisotopic (exact) mass is 325 g/mol. The Hall–Kier alpha value is -3.48. The van der Waals surface area contributed by atoms with Crippen molar-refractivity contribution in [2.24, 2.45) is 0 Å². The highest BCUT2D eigenvalue weighted by atomic mass is 16.6. The number of carbonyl (C=O) groups is 2. The minimum Gasteiger partial charge on any atom is -0.349 e. The number of nitro benzene ring substituents is 1. The predicted molar refractivity (Wildman–Crippen MR) is 90.0 cm³/mol. The molecule has 0 aliphatic heterocycles. The van der Waals surface area contributed by atoms with Crippen molar-refractivity contribution in [3.8, 4) is 0 Å². The van der Waals surface area contributed by atoms with Crippen molar-refractivity contribution in [2.45, 2.75) is 0 Å². The fourth-order valence-corrected chi connectivity index (χ4v) is 1.98. The molecule has 0 aliphatic rings. The van der Waals surface area contributed by atoms with Gasteiger partial charge in [0.05, 0.1) is 16.2 Å². The number of para-hydroxylation sites is 1. The summed E-state index contributed by atoms with van der Waals surface area (Å²) in [5, 5.41) is 15.9. The van der Waals surface area contributed by atoms with Crippen LogP contribution in [-0.4, -0.2) is 23.3 Å². The van der Waals surface area contributed by atoms with Crippen LogP contribution in [0.4, 0.5) is 11.4 Å². The molecular formula is C17H15N3O4. The number of hydrogen-bond donors (Lipinski definition) is 2. The number of nitro groups is 1. The molecule has 122 valence electrons. The maximum absolute atomic E-state index is 12.3. The van der Waals surface area contributed by atoms with Gasteiger partial charge in [0.2, 0.25) is 0 Å². The van der Waals surface area contributed by atoms with E-state index in [2.05, 4.69) is 17.2 Å². The van der Waals surface area contributed by atoms with Gasteiger partial charge in [-0.05, 0) is 24.3 Å². The van der Waals surface area contributed by atoms with Gasteiger partial charge in [-0.15, -0.1) is 6.58 Å². The first kappa shape index (κ1) is 16.9. The smallest absolute Gasteiger partial charge is 0.269 e. The number of amides is 2. The minimum absolute atomic E-state index is 0.101. The zero-order valence-electron chi connectivity index (χ0n) is 12.7. The Bertz CT molecular complexity index is 785. The van der Waals surface area contributed by atoms with Crippen molar-refractivity contribution < 1.29 is 14.5 Å². The molecule has 24 heavy (non-hydrogen) atoms. The summed E-state index contributed by atoms with van der Waals surface area (Å²) in [7, 11) is 0. The van der Waals surface area contributed by atoms with Gasteiger partial charge >= 0.3 is 0 Å². The average molecular weight is 325 g/mol. The Morgan fingerprint density at radius 2 is 1.75 bits per heavy atom. The maximum atomic E-state index is 12.3. The van der Waals surface area contributed by atoms with Crippen molar-refractivity contribution in [2.75, 3.05) is 11.9 Å². The first-order valence-corrected chi connectivity index (χ1v) is 7.07. The van der Waals surface area contributed by atoms with E-state index >= 15 is 0 Å². The van der Waals surface area contributed by atoms with Crippen LogP contribution in [0, 0.1) is 10.1 Å². The number of nitrogens with one attached hydrogen (secondary N) is 2. The van der Waals surface area contributed by atoms with Crippen LogP contribution in [0.3, 0.4) is 0 Å². The van der Waals surface area contributed by atoms with Crippen LogP contribution in [-0.2, 0) is 0 Å². The summed E-state index contributed by atoms with van der Waals surface area (Å²) >= 11 is 0. The number of rotatable bonds is 6. The van der Waals surface area contributed by atoms with Gasteiger partial charge < -0.3 is 10.6 Å². The lowest BCUT2D eigenvalue weighted by Crippen LogP contribution is -2.25. The molecule has 2 amide bonds. The summed E-state index contributed by atoms with van der Waals surface area (Å²) in [6.07, 6.45) is 1.55. The quantitative estimate of drug-likeness (QED) is 0.484. The highest BCUT2D eigenvalue weighted by molar-refractivity contribution is 6.09. The molecule has 0 aliphatic carbocycles. The number of nitrogens with zero attached hydrogens (tertiary/aromatic N) is 1. The van der Waals surface area contributed by atoms with Crippen molar-refractivity contribution >= 4 is 23.2 Å². The normalized spacial score (nSPS) is 9.83. The number of non-ortho nitro benzene ring substituents is 1. The van der Waals surface area contributed by atoms with Gasteiger partial charge in [-0.1, -0.05) is 18.2 Å². The molecule has 0 saturated heterocycles. The van der Waals surface area contributed by atoms with Crippen LogP contribution in [0.2, 0.25) is 0 Å². The first-order chi connectivity index (χ1) is 11.5. The molecule has 0 fully saturated rings. The van der Waals surface area contributed by atoms with Gasteiger partial charge in [-0.3, -0.25) is 19.7 Å². The lowest BCUT2D eigenvalue weighted by molar-refractivity contribution is -0.384. The zero-order chi connectivity index (χ0) is 17.5. The van der Waals surface area contributed by atoms with Crippen LogP contribution >= 0.6 is 0 Å². The Kier molecular flexibility index (Phi) is 5.40. The lowest BCUT2D eigenvalue weighted by atomic mass is 10.1. The highest BCUT2D eigenvalue weighted by Crippen LogP contribution is 2.17. The second-order valence-electron chi connectivity index (χ2n) is 4.80. The van der Waals surface area contributed by atoms with Gasteiger partial charge in [0.1, 0.15) is 0 Å². The van der Waals surface area contributed by atoms with E-state index < -0.39 is 10.8 Å². The van der Waals surface area contributed by atoms with Gasteiger partial charge in [0.15, 0.2) is 0 Å². The Morgan fingerprint density at radius 1 is 1.08 bits per heavy atom. The summed E-state index contributed by atoms with van der Waals surface area (Å²) in [5.41, 5.74) is 0.815. The lowest BCUT2D eigenvalue weighted by Gasteiger charge is -2.10. The van der Waals surface area contributed by atoms with E-state index in [-0.39, 0.29) is 17.2 Å². The summed E-state index contributed by atoms with van der Waals surface area (Å²) in [6, 6.07) is 11.8. The van der Waals surface area contributed by atoms with Gasteiger partial charge in [-0.2, -0.15) is 0 Å².